The predicted octanol–water partition coefficient (Wildman–Crippen LogP) is 2.30. The van der Waals surface area contributed by atoms with E-state index in [9.17, 15) is 4.79 Å². The van der Waals surface area contributed by atoms with Crippen LogP contribution in [0.25, 0.3) is 5.65 Å². The fourth-order valence-corrected chi connectivity index (χ4v) is 3.36. The Bertz CT molecular complexity index is 869. The fourth-order valence-electron chi connectivity index (χ4n) is 3.36. The van der Waals surface area contributed by atoms with Crippen molar-refractivity contribution in [3.05, 3.63) is 48.1 Å². The average molecular weight is 325 g/mol. The Hall–Kier alpha value is -2.70. The quantitative estimate of drug-likeness (QED) is 0.738. The molecule has 3 aromatic rings. The second-order valence-electron chi connectivity index (χ2n) is 6.06. The lowest BCUT2D eigenvalue weighted by Gasteiger charge is -2.31. The van der Waals surface area contributed by atoms with Crippen molar-refractivity contribution >= 4 is 11.6 Å². The van der Waals surface area contributed by atoms with Crippen molar-refractivity contribution < 1.29 is 9.21 Å². The lowest BCUT2D eigenvalue weighted by atomic mass is 9.97. The second kappa shape index (κ2) is 6.07. The Kier molecular flexibility index (Phi) is 3.76. The standard InChI is InChI=1S/C17H19N5O2/c1-2-13-15(18-11-24-13)17(23)21-8-5-6-12(10-21)16-20-19-14-7-3-4-9-22(14)16/h3-4,7,9,11-12H,2,5-6,8,10H2,1H3. The molecule has 0 aliphatic carbocycles. The molecule has 0 spiro atoms. The van der Waals surface area contributed by atoms with Gasteiger partial charge in [-0.2, -0.15) is 0 Å². The highest BCUT2D eigenvalue weighted by molar-refractivity contribution is 5.93. The van der Waals surface area contributed by atoms with Crippen LogP contribution in [0.3, 0.4) is 0 Å². The van der Waals surface area contributed by atoms with Crippen LogP contribution in [0.4, 0.5) is 0 Å². The number of fused-ring (bicyclic) bond motifs is 1. The third-order valence-electron chi connectivity index (χ3n) is 4.58. The van der Waals surface area contributed by atoms with Crippen molar-refractivity contribution in [2.75, 3.05) is 13.1 Å². The molecule has 1 amide bonds. The van der Waals surface area contributed by atoms with Crippen molar-refractivity contribution in [3.63, 3.8) is 0 Å². The summed E-state index contributed by atoms with van der Waals surface area (Å²) in [6.07, 6.45) is 5.92. The van der Waals surface area contributed by atoms with Crippen molar-refractivity contribution in [1.29, 1.82) is 0 Å². The molecule has 7 heteroatoms. The van der Waals surface area contributed by atoms with Crippen LogP contribution in [0.2, 0.25) is 0 Å². The first-order valence-electron chi connectivity index (χ1n) is 8.29. The first-order chi connectivity index (χ1) is 11.8. The van der Waals surface area contributed by atoms with Gasteiger partial charge in [0.2, 0.25) is 0 Å². The number of hydrogen-bond acceptors (Lipinski definition) is 5. The largest absolute Gasteiger partial charge is 0.448 e. The molecule has 0 bridgehead atoms. The minimum Gasteiger partial charge on any atom is -0.448 e. The maximum Gasteiger partial charge on any atom is 0.276 e. The van der Waals surface area contributed by atoms with Gasteiger partial charge in [-0.3, -0.25) is 9.20 Å². The van der Waals surface area contributed by atoms with Crippen molar-refractivity contribution in [1.82, 2.24) is 24.5 Å². The van der Waals surface area contributed by atoms with Gasteiger partial charge in [0.05, 0.1) is 0 Å². The first kappa shape index (κ1) is 14.9. The number of hydrogen-bond donors (Lipinski definition) is 0. The molecule has 3 aromatic heterocycles. The number of nitrogens with zero attached hydrogens (tertiary/aromatic N) is 5. The Balaban J connectivity index is 1.59. The summed E-state index contributed by atoms with van der Waals surface area (Å²) in [5.74, 6) is 1.69. The summed E-state index contributed by atoms with van der Waals surface area (Å²) in [5, 5.41) is 8.57. The number of aryl methyl sites for hydroxylation is 1. The number of rotatable bonds is 3. The molecule has 124 valence electrons. The van der Waals surface area contributed by atoms with Gasteiger partial charge in [-0.05, 0) is 25.0 Å². The summed E-state index contributed by atoms with van der Waals surface area (Å²) < 4.78 is 7.30. The second-order valence-corrected chi connectivity index (χ2v) is 6.06. The third kappa shape index (κ3) is 2.46. The van der Waals surface area contributed by atoms with Crippen LogP contribution in [0.5, 0.6) is 0 Å². The van der Waals surface area contributed by atoms with Crippen LogP contribution < -0.4 is 0 Å². The van der Waals surface area contributed by atoms with Crippen LogP contribution >= 0.6 is 0 Å². The van der Waals surface area contributed by atoms with E-state index in [1.807, 2.05) is 40.6 Å². The van der Waals surface area contributed by atoms with Crippen LogP contribution in [0.15, 0.2) is 35.2 Å². The monoisotopic (exact) mass is 325 g/mol. The number of amides is 1. The van der Waals surface area contributed by atoms with Gasteiger partial charge in [-0.1, -0.05) is 13.0 Å². The molecule has 1 aliphatic rings. The number of aromatic nitrogens is 4. The molecule has 4 rings (SSSR count). The maximum atomic E-state index is 12.8. The lowest BCUT2D eigenvalue weighted by Crippen LogP contribution is -2.40. The van der Waals surface area contributed by atoms with E-state index >= 15 is 0 Å². The number of piperidine rings is 1. The molecule has 1 fully saturated rings. The molecule has 1 atom stereocenters. The van der Waals surface area contributed by atoms with Crippen LogP contribution in [0, 0.1) is 0 Å². The molecule has 0 saturated carbocycles. The fraction of sp³-hybridized carbons (Fsp3) is 0.412. The van der Waals surface area contributed by atoms with Gasteiger partial charge < -0.3 is 9.32 Å². The maximum absolute atomic E-state index is 12.8. The van der Waals surface area contributed by atoms with Gasteiger partial charge in [0, 0.05) is 31.6 Å². The number of pyridine rings is 1. The molecule has 1 aliphatic heterocycles. The van der Waals surface area contributed by atoms with E-state index in [0.717, 1.165) is 30.9 Å². The number of likely N-dealkylation sites (tertiary alicyclic amines) is 1. The van der Waals surface area contributed by atoms with E-state index in [1.165, 1.54) is 6.39 Å². The molecule has 1 saturated heterocycles. The molecule has 1 unspecified atom stereocenters. The molecular weight excluding hydrogens is 306 g/mol. The number of carbonyl (C=O) groups is 1. The topological polar surface area (TPSA) is 76.5 Å². The molecule has 0 radical (unpaired) electrons. The summed E-state index contributed by atoms with van der Waals surface area (Å²) in [7, 11) is 0. The van der Waals surface area contributed by atoms with Crippen molar-refractivity contribution in [2.24, 2.45) is 0 Å². The summed E-state index contributed by atoms with van der Waals surface area (Å²) in [4.78, 5) is 18.7. The van der Waals surface area contributed by atoms with Crippen LogP contribution in [-0.2, 0) is 6.42 Å². The first-order valence-corrected chi connectivity index (χ1v) is 8.29. The Morgan fingerprint density at radius 1 is 1.38 bits per heavy atom. The van der Waals surface area contributed by atoms with Gasteiger partial charge >= 0.3 is 0 Å². The van der Waals surface area contributed by atoms with Gasteiger partial charge in [-0.25, -0.2) is 4.98 Å². The Labute approximate surface area is 139 Å². The molecule has 0 aromatic carbocycles. The highest BCUT2D eigenvalue weighted by atomic mass is 16.3. The smallest absolute Gasteiger partial charge is 0.276 e. The van der Waals surface area contributed by atoms with Crippen LogP contribution in [0.1, 0.15) is 47.8 Å². The Morgan fingerprint density at radius 2 is 2.29 bits per heavy atom. The molecule has 4 heterocycles. The van der Waals surface area contributed by atoms with Gasteiger partial charge in [-0.15, -0.1) is 10.2 Å². The summed E-state index contributed by atoms with van der Waals surface area (Å²) >= 11 is 0. The van der Waals surface area contributed by atoms with E-state index in [-0.39, 0.29) is 11.8 Å². The van der Waals surface area contributed by atoms with Crippen molar-refractivity contribution in [2.45, 2.75) is 32.1 Å². The average Bonchev–Trinajstić information content (AvgIpc) is 3.27. The predicted molar refractivity (Wildman–Crippen MR) is 86.7 cm³/mol. The Morgan fingerprint density at radius 3 is 3.17 bits per heavy atom. The van der Waals surface area contributed by atoms with Gasteiger partial charge in [0.25, 0.3) is 5.91 Å². The highest BCUT2D eigenvalue weighted by Crippen LogP contribution is 2.27. The highest BCUT2D eigenvalue weighted by Gasteiger charge is 2.30. The number of carbonyl (C=O) groups excluding carboxylic acids is 1. The zero-order chi connectivity index (χ0) is 16.5. The summed E-state index contributed by atoms with van der Waals surface area (Å²) in [5.41, 5.74) is 1.27. The minimum atomic E-state index is -0.0564. The van der Waals surface area contributed by atoms with E-state index in [4.69, 9.17) is 4.42 Å². The summed E-state index contributed by atoms with van der Waals surface area (Å²) in [6, 6.07) is 5.85. The SMILES string of the molecule is CCc1ocnc1C(=O)N1CCCC(c2nnc3ccccn23)C1. The van der Waals surface area contributed by atoms with Crippen molar-refractivity contribution in [3.8, 4) is 0 Å². The van der Waals surface area contributed by atoms with Crippen LogP contribution in [-0.4, -0.2) is 43.5 Å². The summed E-state index contributed by atoms with van der Waals surface area (Å²) in [6.45, 7) is 3.32. The molecule has 0 N–H and O–H groups in total. The number of oxazole rings is 1. The van der Waals surface area contributed by atoms with Gasteiger partial charge in [0.15, 0.2) is 17.7 Å². The van der Waals surface area contributed by atoms with E-state index in [1.54, 1.807) is 0 Å². The third-order valence-corrected chi connectivity index (χ3v) is 4.58. The zero-order valence-electron chi connectivity index (χ0n) is 13.6. The van der Waals surface area contributed by atoms with E-state index < -0.39 is 0 Å². The normalized spacial score (nSPS) is 18.2. The molecule has 24 heavy (non-hydrogen) atoms. The molecule has 7 nitrogen and oxygen atoms in total. The lowest BCUT2D eigenvalue weighted by molar-refractivity contribution is 0.0696. The van der Waals surface area contributed by atoms with Gasteiger partial charge in [0.1, 0.15) is 11.6 Å². The zero-order valence-corrected chi connectivity index (χ0v) is 13.6. The van der Waals surface area contributed by atoms with E-state index in [0.29, 0.717) is 24.4 Å². The van der Waals surface area contributed by atoms with E-state index in [2.05, 4.69) is 15.2 Å². The minimum absolute atomic E-state index is 0.0564. The molecular formula is C17H19N5O2.